The van der Waals surface area contributed by atoms with Crippen LogP contribution in [-0.4, -0.2) is 11.0 Å². The molecule has 0 aromatic rings. The van der Waals surface area contributed by atoms with Gasteiger partial charge in [-0.15, -0.1) is 0 Å². The zero-order valence-corrected chi connectivity index (χ0v) is 4.51. The van der Waals surface area contributed by atoms with Crippen LogP contribution in [0.5, 0.6) is 0 Å². The molecule has 0 aromatic heterocycles. The molecule has 4 N–H and O–H groups in total. The molecule has 5 heteroatoms. The van der Waals surface area contributed by atoms with E-state index in [9.17, 15) is 0 Å². The van der Waals surface area contributed by atoms with Crippen LogP contribution in [0, 0.1) is 0 Å². The second-order valence-corrected chi connectivity index (χ2v) is 1.60. The van der Waals surface area contributed by atoms with Crippen molar-refractivity contribution in [2.75, 3.05) is 0 Å². The van der Waals surface area contributed by atoms with Gasteiger partial charge >= 0.3 is 33.3 Å². The van der Waals surface area contributed by atoms with Crippen LogP contribution >= 0.6 is 20.2 Å². The number of hydrogen-bond donors (Lipinski definition) is 0. The van der Waals surface area contributed by atoms with Gasteiger partial charge in [-0.2, -0.15) is 0 Å². The number of rotatable bonds is 0. The Morgan fingerprint density at radius 3 is 1.00 bits per heavy atom. The minimum atomic E-state index is 0. The summed E-state index contributed by atoms with van der Waals surface area (Å²) < 4.78 is 0. The van der Waals surface area contributed by atoms with Crippen molar-refractivity contribution in [2.45, 2.75) is 0 Å². The molecule has 0 rings (SSSR count). The van der Waals surface area contributed by atoms with Crippen LogP contribution in [0.3, 0.4) is 0 Å². The third-order valence-electron chi connectivity index (χ3n) is 0. The van der Waals surface area contributed by atoms with Crippen molar-refractivity contribution in [1.29, 1.82) is 0 Å². The Labute approximate surface area is 44.7 Å². The zero-order valence-electron chi connectivity index (χ0n) is 2.06. The van der Waals surface area contributed by atoms with Crippen molar-refractivity contribution in [3.8, 4) is 0 Å². The fourth-order valence-corrected chi connectivity index (χ4v) is 0. The maximum absolute atomic E-state index is 4.67. The van der Waals surface area contributed by atoms with E-state index in [0.717, 1.165) is 13.1 Å². The Morgan fingerprint density at radius 2 is 1.00 bits per heavy atom. The van der Waals surface area contributed by atoms with E-state index >= 15 is 0 Å². The number of halogens is 2. The molecule has 0 fully saturated rings. The van der Waals surface area contributed by atoms with Crippen LogP contribution in [0.4, 0.5) is 0 Å². The molecule has 0 saturated carbocycles. The van der Waals surface area contributed by atoms with E-state index < -0.39 is 0 Å². The van der Waals surface area contributed by atoms with E-state index in [1.165, 1.54) is 0 Å². The van der Waals surface area contributed by atoms with E-state index in [0.29, 0.717) is 0 Å². The Kier molecular flexibility index (Phi) is 66.2. The zero-order chi connectivity index (χ0) is 2.71. The molecule has 0 aromatic carbocycles. The van der Waals surface area contributed by atoms with Crippen molar-refractivity contribution in [3.05, 3.63) is 0 Å². The molecule has 0 aliphatic heterocycles. The summed E-state index contributed by atoms with van der Waals surface area (Å²) in [6.45, 7) is 0. The average molecular weight is 170 g/mol. The van der Waals surface area contributed by atoms with Crippen molar-refractivity contribution in [1.82, 2.24) is 0 Å². The van der Waals surface area contributed by atoms with Crippen molar-refractivity contribution < 1.29 is 24.1 Å². The summed E-state index contributed by atoms with van der Waals surface area (Å²) >= 11 is 0.757. The molecule has 0 unspecified atom stereocenters. The first-order valence-electron chi connectivity index (χ1n) is 0.228. The molecule has 0 radical (unpaired) electrons. The van der Waals surface area contributed by atoms with Crippen LogP contribution < -0.4 is 0 Å². The Balaban J connectivity index is -0.0000000200. The van der Waals surface area contributed by atoms with Crippen LogP contribution in [0.15, 0.2) is 0 Å². The third kappa shape index (κ3) is 44.0. The van der Waals surface area contributed by atoms with E-state index in [1.54, 1.807) is 0 Å². The minimum absolute atomic E-state index is 0. The van der Waals surface area contributed by atoms with E-state index in [4.69, 9.17) is 0 Å². The SMILES string of the molecule is O.O.[Cl][Cu][Cl]. The molecule has 41 valence electrons. The van der Waals surface area contributed by atoms with Crippen LogP contribution in [0.2, 0.25) is 0 Å². The molecule has 0 spiro atoms. The molecule has 0 heterocycles. The summed E-state index contributed by atoms with van der Waals surface area (Å²) in [5.74, 6) is 0. The molecule has 0 amide bonds. The fraction of sp³-hybridized carbons (Fsp3) is 0. The summed E-state index contributed by atoms with van der Waals surface area (Å²) in [4.78, 5) is 0. The Morgan fingerprint density at radius 1 is 1.00 bits per heavy atom. The normalized spacial score (nSPS) is 4.40. The first-order valence-corrected chi connectivity index (χ1v) is 2.82. The summed E-state index contributed by atoms with van der Waals surface area (Å²) in [5.41, 5.74) is 0. The fourth-order valence-electron chi connectivity index (χ4n) is 0. The van der Waals surface area contributed by atoms with Crippen LogP contribution in [0.25, 0.3) is 0 Å². The molecule has 0 aliphatic rings. The van der Waals surface area contributed by atoms with Crippen molar-refractivity contribution in [3.63, 3.8) is 0 Å². The van der Waals surface area contributed by atoms with Gasteiger partial charge < -0.3 is 11.0 Å². The van der Waals surface area contributed by atoms with Crippen LogP contribution in [0.1, 0.15) is 0 Å². The molecule has 5 heavy (non-hydrogen) atoms. The van der Waals surface area contributed by atoms with E-state index in [2.05, 4.69) is 20.2 Å². The third-order valence-corrected chi connectivity index (χ3v) is 0. The van der Waals surface area contributed by atoms with Gasteiger partial charge in [0.15, 0.2) is 0 Å². The van der Waals surface area contributed by atoms with E-state index in [1.807, 2.05) is 0 Å². The molecule has 0 atom stereocenters. The maximum atomic E-state index is 4.67. The molecular formula is H4Cl2CuO2. The van der Waals surface area contributed by atoms with E-state index in [-0.39, 0.29) is 11.0 Å². The van der Waals surface area contributed by atoms with Gasteiger partial charge in [0.25, 0.3) is 0 Å². The second kappa shape index (κ2) is 19.9. The van der Waals surface area contributed by atoms with Gasteiger partial charge in [0.1, 0.15) is 0 Å². The Hall–Kier alpha value is 1.02. The van der Waals surface area contributed by atoms with Gasteiger partial charge in [-0.3, -0.25) is 0 Å². The van der Waals surface area contributed by atoms with Crippen LogP contribution in [-0.2, 0) is 13.1 Å². The van der Waals surface area contributed by atoms with Crippen molar-refractivity contribution in [2.24, 2.45) is 0 Å². The quantitative estimate of drug-likeness (QED) is 0.449. The average Bonchev–Trinajstić information content (AvgIpc) is 0.918. The van der Waals surface area contributed by atoms with Gasteiger partial charge in [-0.25, -0.2) is 0 Å². The molecular weight excluding hydrogens is 166 g/mol. The number of hydrogen-bond acceptors (Lipinski definition) is 0. The summed E-state index contributed by atoms with van der Waals surface area (Å²) in [6.07, 6.45) is 0. The first kappa shape index (κ1) is 16.6. The molecule has 2 nitrogen and oxygen atoms in total. The monoisotopic (exact) mass is 169 g/mol. The van der Waals surface area contributed by atoms with Gasteiger partial charge in [-0.05, 0) is 0 Å². The summed E-state index contributed by atoms with van der Waals surface area (Å²) in [6, 6.07) is 0. The van der Waals surface area contributed by atoms with Gasteiger partial charge in [0.2, 0.25) is 0 Å². The van der Waals surface area contributed by atoms with Gasteiger partial charge in [0.05, 0.1) is 0 Å². The predicted molar refractivity (Wildman–Crippen MR) is 18.9 cm³/mol. The molecule has 0 saturated heterocycles. The summed E-state index contributed by atoms with van der Waals surface area (Å²) in [5, 5.41) is 0. The Bertz CT molecular complexity index is 7.61. The second-order valence-electron chi connectivity index (χ2n) is 0.0431. The summed E-state index contributed by atoms with van der Waals surface area (Å²) in [7, 11) is 9.34. The topological polar surface area (TPSA) is 63.0 Å². The molecule has 0 aliphatic carbocycles. The van der Waals surface area contributed by atoms with Crippen molar-refractivity contribution >= 4 is 20.2 Å². The standard InChI is InChI=1S/2ClH.Cu.2H2O/h2*1H;;2*1H2/q;;+2;;/p-2. The van der Waals surface area contributed by atoms with Gasteiger partial charge in [0, 0.05) is 0 Å². The first-order chi connectivity index (χ1) is 1.41. The molecule has 0 bridgehead atoms. The predicted octanol–water partition coefficient (Wildman–Crippen LogP) is -0.273. The van der Waals surface area contributed by atoms with Gasteiger partial charge in [-0.1, -0.05) is 0 Å².